The Morgan fingerprint density at radius 1 is 1.45 bits per heavy atom. The van der Waals surface area contributed by atoms with Crippen molar-refractivity contribution in [2.45, 2.75) is 32.8 Å². The smallest absolute Gasteiger partial charge is 0.241 e. The number of pyridine rings is 1. The van der Waals surface area contributed by atoms with E-state index < -0.39 is 0 Å². The van der Waals surface area contributed by atoms with Crippen LogP contribution in [0.4, 0.5) is 5.69 Å². The number of ether oxygens (including phenoxy) is 1. The fourth-order valence-electron chi connectivity index (χ4n) is 2.23. The van der Waals surface area contributed by atoms with Gasteiger partial charge in [-0.2, -0.15) is 0 Å². The lowest BCUT2D eigenvalue weighted by atomic mass is 10.0. The number of anilines is 1. The van der Waals surface area contributed by atoms with Gasteiger partial charge in [0.1, 0.15) is 11.4 Å². The van der Waals surface area contributed by atoms with E-state index in [9.17, 15) is 4.79 Å². The summed E-state index contributed by atoms with van der Waals surface area (Å²) in [6.45, 7) is 4.60. The molecule has 2 aliphatic rings. The van der Waals surface area contributed by atoms with Gasteiger partial charge in [0.15, 0.2) is 0 Å². The molecule has 2 aliphatic carbocycles. The minimum absolute atomic E-state index is 0.0276. The summed E-state index contributed by atoms with van der Waals surface area (Å²) in [5.74, 6) is 0.849. The van der Waals surface area contributed by atoms with E-state index in [-0.39, 0.29) is 17.9 Å². The van der Waals surface area contributed by atoms with Crippen molar-refractivity contribution in [2.24, 2.45) is 5.41 Å². The van der Waals surface area contributed by atoms with Crippen molar-refractivity contribution in [3.63, 3.8) is 0 Å². The van der Waals surface area contributed by atoms with Crippen molar-refractivity contribution in [3.8, 4) is 5.75 Å². The average molecular weight is 301 g/mol. The van der Waals surface area contributed by atoms with Crippen LogP contribution in [0.15, 0.2) is 18.3 Å². The van der Waals surface area contributed by atoms with Crippen molar-refractivity contribution >= 4 is 17.2 Å². The molecule has 1 fully saturated rings. The normalized spacial score (nSPS) is 18.5. The van der Waals surface area contributed by atoms with Gasteiger partial charge in [-0.15, -0.1) is 0 Å². The lowest BCUT2D eigenvalue weighted by molar-refractivity contribution is -0.126. The predicted molar refractivity (Wildman–Crippen MR) is 86.8 cm³/mol. The van der Waals surface area contributed by atoms with Gasteiger partial charge in [-0.25, -0.2) is 0 Å². The molecule has 1 heterocycles. The number of nitrogens with zero attached hydrogens (tertiary/aromatic N) is 2. The predicted octanol–water partition coefficient (Wildman–Crippen LogP) is 2.55. The van der Waals surface area contributed by atoms with Crippen molar-refractivity contribution in [3.05, 3.63) is 24.0 Å². The van der Waals surface area contributed by atoms with Gasteiger partial charge in [-0.1, -0.05) is 19.9 Å². The van der Waals surface area contributed by atoms with E-state index in [1.165, 1.54) is 5.57 Å². The zero-order valence-electron chi connectivity index (χ0n) is 13.6. The number of likely N-dealkylation sites (N-methyl/N-ethyl adjacent to an activating group) is 1. The minimum Gasteiger partial charge on any atom is -0.488 e. The summed E-state index contributed by atoms with van der Waals surface area (Å²) in [6.07, 6.45) is 6.52. The van der Waals surface area contributed by atoms with Crippen LogP contribution in [0, 0.1) is 5.41 Å². The fourth-order valence-corrected chi connectivity index (χ4v) is 2.23. The Hall–Kier alpha value is -2.04. The second kappa shape index (κ2) is 5.30. The van der Waals surface area contributed by atoms with Crippen LogP contribution in [-0.2, 0) is 4.79 Å². The molecule has 5 nitrogen and oxygen atoms in total. The largest absolute Gasteiger partial charge is 0.488 e. The first-order valence-electron chi connectivity index (χ1n) is 7.71. The Morgan fingerprint density at radius 2 is 2.14 bits per heavy atom. The van der Waals surface area contributed by atoms with Gasteiger partial charge < -0.3 is 15.0 Å². The van der Waals surface area contributed by atoms with E-state index in [0.717, 1.165) is 30.0 Å². The SMILES string of the molecule is CN(C)C(=O)CNc1cnc(C2=CC2(C)C)c(OC2CC2)c1. The topological polar surface area (TPSA) is 54.5 Å². The van der Waals surface area contributed by atoms with Crippen LogP contribution < -0.4 is 10.1 Å². The summed E-state index contributed by atoms with van der Waals surface area (Å²) >= 11 is 0. The molecule has 1 N–H and O–H groups in total. The van der Waals surface area contributed by atoms with Gasteiger partial charge in [-0.3, -0.25) is 9.78 Å². The first-order chi connectivity index (χ1) is 10.4. The van der Waals surface area contributed by atoms with Crippen molar-refractivity contribution in [2.75, 3.05) is 26.0 Å². The van der Waals surface area contributed by atoms with Crippen molar-refractivity contribution < 1.29 is 9.53 Å². The number of carbonyl (C=O) groups is 1. The second-order valence-electron chi connectivity index (χ2n) is 6.81. The van der Waals surface area contributed by atoms with Crippen molar-refractivity contribution in [1.82, 2.24) is 9.88 Å². The Balaban J connectivity index is 1.75. The second-order valence-corrected chi connectivity index (χ2v) is 6.81. The Bertz CT molecular complexity index is 631. The van der Waals surface area contributed by atoms with Crippen molar-refractivity contribution in [1.29, 1.82) is 0 Å². The molecule has 1 aromatic heterocycles. The molecular formula is C17H23N3O2. The Morgan fingerprint density at radius 3 is 2.68 bits per heavy atom. The third-order valence-corrected chi connectivity index (χ3v) is 3.98. The maximum absolute atomic E-state index is 11.7. The first kappa shape index (κ1) is 14.9. The van der Waals surface area contributed by atoms with Gasteiger partial charge in [0.25, 0.3) is 0 Å². The lowest BCUT2D eigenvalue weighted by Crippen LogP contribution is -2.28. The van der Waals surface area contributed by atoms with E-state index in [1.807, 2.05) is 6.07 Å². The third kappa shape index (κ3) is 3.24. The summed E-state index contributed by atoms with van der Waals surface area (Å²) in [4.78, 5) is 17.8. The van der Waals surface area contributed by atoms with E-state index in [4.69, 9.17) is 4.74 Å². The number of hydrogen-bond donors (Lipinski definition) is 1. The maximum Gasteiger partial charge on any atom is 0.241 e. The minimum atomic E-state index is 0.0276. The molecule has 0 spiro atoms. The van der Waals surface area contributed by atoms with E-state index in [0.29, 0.717) is 6.10 Å². The van der Waals surface area contributed by atoms with Gasteiger partial charge >= 0.3 is 0 Å². The molecule has 0 aromatic carbocycles. The molecule has 0 unspecified atom stereocenters. The number of hydrogen-bond acceptors (Lipinski definition) is 4. The number of nitrogens with one attached hydrogen (secondary N) is 1. The molecule has 1 amide bonds. The monoisotopic (exact) mass is 301 g/mol. The zero-order valence-corrected chi connectivity index (χ0v) is 13.6. The molecule has 5 heteroatoms. The highest BCUT2D eigenvalue weighted by atomic mass is 16.5. The van der Waals surface area contributed by atoms with Gasteiger partial charge in [0.05, 0.1) is 24.5 Å². The molecule has 0 bridgehead atoms. The fraction of sp³-hybridized carbons (Fsp3) is 0.529. The summed E-state index contributed by atoms with van der Waals surface area (Å²) in [5, 5.41) is 3.11. The molecule has 1 aromatic rings. The van der Waals surface area contributed by atoms with Gasteiger partial charge in [0, 0.05) is 25.6 Å². The average Bonchev–Trinajstić information content (AvgIpc) is 3.35. The quantitative estimate of drug-likeness (QED) is 0.877. The zero-order chi connectivity index (χ0) is 15.9. The number of aromatic nitrogens is 1. The van der Waals surface area contributed by atoms with Crippen LogP contribution in [-0.4, -0.2) is 42.5 Å². The molecule has 22 heavy (non-hydrogen) atoms. The summed E-state index contributed by atoms with van der Waals surface area (Å²) < 4.78 is 6.01. The number of amides is 1. The third-order valence-electron chi connectivity index (χ3n) is 3.98. The molecule has 3 rings (SSSR count). The van der Waals surface area contributed by atoms with Gasteiger partial charge in [-0.05, 0) is 18.4 Å². The standard InChI is InChI=1S/C17H23N3O2/c1-17(2)8-13(17)16-14(22-12-5-6-12)7-11(9-19-16)18-10-15(21)20(3)4/h7-9,12,18H,5-6,10H2,1-4H3. The first-order valence-corrected chi connectivity index (χ1v) is 7.71. The molecular weight excluding hydrogens is 278 g/mol. The highest BCUT2D eigenvalue weighted by molar-refractivity contribution is 5.85. The van der Waals surface area contributed by atoms with Crippen LogP contribution in [0.1, 0.15) is 32.4 Å². The van der Waals surface area contributed by atoms with Crippen LogP contribution in [0.2, 0.25) is 0 Å². The maximum atomic E-state index is 11.7. The molecule has 118 valence electrons. The number of rotatable bonds is 6. The van der Waals surface area contributed by atoms with E-state index >= 15 is 0 Å². The molecule has 0 aliphatic heterocycles. The summed E-state index contributed by atoms with van der Waals surface area (Å²) in [5.41, 5.74) is 3.10. The van der Waals surface area contributed by atoms with Gasteiger partial charge in [0.2, 0.25) is 5.91 Å². The highest BCUT2D eigenvalue weighted by Gasteiger charge is 2.38. The molecule has 0 saturated heterocycles. The number of carbonyl (C=O) groups excluding carboxylic acids is 1. The van der Waals surface area contributed by atoms with E-state index in [1.54, 1.807) is 25.2 Å². The van der Waals surface area contributed by atoms with Crippen LogP contribution >= 0.6 is 0 Å². The molecule has 0 atom stereocenters. The Kier molecular flexibility index (Phi) is 3.59. The summed E-state index contributed by atoms with van der Waals surface area (Å²) in [6, 6.07) is 1.96. The molecule has 0 radical (unpaired) electrons. The molecule has 1 saturated carbocycles. The summed E-state index contributed by atoms with van der Waals surface area (Å²) in [7, 11) is 3.49. The number of allylic oxidation sites excluding steroid dienone is 2. The lowest BCUT2D eigenvalue weighted by Gasteiger charge is -2.15. The van der Waals surface area contributed by atoms with Crippen LogP contribution in [0.25, 0.3) is 5.57 Å². The Labute approximate surface area is 131 Å². The van der Waals surface area contributed by atoms with Crippen LogP contribution in [0.3, 0.4) is 0 Å². The van der Waals surface area contributed by atoms with Crippen LogP contribution in [0.5, 0.6) is 5.75 Å². The van der Waals surface area contributed by atoms with E-state index in [2.05, 4.69) is 30.2 Å². The highest BCUT2D eigenvalue weighted by Crippen LogP contribution is 2.52.